The Labute approximate surface area is 110 Å². The molecular weight excluding hydrogens is 248 g/mol. The van der Waals surface area contributed by atoms with E-state index in [1.807, 2.05) is 22.2 Å². The smallest absolute Gasteiger partial charge is 0.193 e. The van der Waals surface area contributed by atoms with Gasteiger partial charge in [0.1, 0.15) is 0 Å². The molecule has 3 rings (SSSR count). The van der Waals surface area contributed by atoms with E-state index in [9.17, 15) is 5.11 Å². The molecule has 1 aliphatic rings. The highest BCUT2D eigenvalue weighted by molar-refractivity contribution is 7.15. The van der Waals surface area contributed by atoms with Crippen LogP contribution in [0.1, 0.15) is 25.5 Å². The molecule has 0 radical (unpaired) electrons. The highest BCUT2D eigenvalue weighted by Gasteiger charge is 2.32. The van der Waals surface area contributed by atoms with Crippen LogP contribution in [-0.4, -0.2) is 33.3 Å². The highest BCUT2D eigenvalue weighted by Crippen LogP contribution is 2.28. The molecule has 0 aliphatic carbocycles. The molecule has 0 saturated carbocycles. The van der Waals surface area contributed by atoms with Crippen molar-refractivity contribution >= 4 is 16.3 Å². The first-order valence-corrected chi connectivity index (χ1v) is 7.36. The maximum atomic E-state index is 10.3. The third-order valence-electron chi connectivity index (χ3n) is 3.72. The van der Waals surface area contributed by atoms with Crippen molar-refractivity contribution in [3.05, 3.63) is 23.5 Å². The van der Waals surface area contributed by atoms with E-state index in [-0.39, 0.29) is 18.1 Å². The first-order chi connectivity index (χ1) is 8.78. The van der Waals surface area contributed by atoms with Crippen molar-refractivity contribution in [3.63, 3.8) is 0 Å². The number of hydrogen-bond donors (Lipinski definition) is 1. The van der Waals surface area contributed by atoms with Crippen LogP contribution in [-0.2, 0) is 11.2 Å². The lowest BCUT2D eigenvalue weighted by Gasteiger charge is -2.21. The molecule has 2 aromatic heterocycles. The van der Waals surface area contributed by atoms with Gasteiger partial charge in [-0.2, -0.15) is 0 Å². The number of nitrogens with zero attached hydrogens (tertiary/aromatic N) is 2. The molecule has 18 heavy (non-hydrogen) atoms. The number of thiazole rings is 1. The Morgan fingerprint density at radius 3 is 3.33 bits per heavy atom. The lowest BCUT2D eigenvalue weighted by molar-refractivity contribution is 0.0314. The lowest BCUT2D eigenvalue weighted by Crippen LogP contribution is -2.29. The van der Waals surface area contributed by atoms with Gasteiger partial charge in [0.25, 0.3) is 0 Å². The van der Waals surface area contributed by atoms with Crippen LogP contribution in [0.25, 0.3) is 4.96 Å². The second-order valence-corrected chi connectivity index (χ2v) is 5.74. The minimum atomic E-state index is -0.345. The molecule has 3 heterocycles. The number of rotatable bonds is 4. The molecule has 1 aliphatic heterocycles. The second-order valence-electron chi connectivity index (χ2n) is 4.87. The summed E-state index contributed by atoms with van der Waals surface area (Å²) in [5.41, 5.74) is 0.969. The number of imidazole rings is 1. The number of fused-ring (bicyclic) bond motifs is 1. The molecule has 1 fully saturated rings. The number of aliphatic hydroxyl groups excluding tert-OH is 1. The average Bonchev–Trinajstić information content (AvgIpc) is 3.02. The van der Waals surface area contributed by atoms with Gasteiger partial charge in [-0.05, 0) is 12.8 Å². The van der Waals surface area contributed by atoms with E-state index in [2.05, 4.69) is 11.9 Å². The first kappa shape index (κ1) is 12.1. The fraction of sp³-hybridized carbons (Fsp3) is 0.615. The molecule has 1 saturated heterocycles. The number of aliphatic hydroxyl groups is 1. The molecule has 98 valence electrons. The van der Waals surface area contributed by atoms with Crippen molar-refractivity contribution < 1.29 is 9.84 Å². The summed E-state index contributed by atoms with van der Waals surface area (Å²) >= 11 is 1.62. The van der Waals surface area contributed by atoms with Gasteiger partial charge in [0.15, 0.2) is 4.96 Å². The van der Waals surface area contributed by atoms with E-state index >= 15 is 0 Å². The summed E-state index contributed by atoms with van der Waals surface area (Å²) < 4.78 is 7.64. The standard InChI is InChI=1S/C13H18N2O2S/c1-2-12-10(3-5-17-12)11(16)7-9-8-15-4-6-18-13(15)14-9/h4,6,8,10-12,16H,2-3,5,7H2,1H3. The van der Waals surface area contributed by atoms with Crippen LogP contribution in [0.3, 0.4) is 0 Å². The van der Waals surface area contributed by atoms with Crippen molar-refractivity contribution in [1.82, 2.24) is 9.38 Å². The zero-order valence-electron chi connectivity index (χ0n) is 10.5. The molecule has 0 aromatic carbocycles. The Hall–Kier alpha value is -0.910. The Balaban J connectivity index is 1.70. The number of ether oxygens (including phenoxy) is 1. The van der Waals surface area contributed by atoms with E-state index in [4.69, 9.17) is 4.74 Å². The molecule has 3 atom stereocenters. The van der Waals surface area contributed by atoms with Gasteiger partial charge in [0, 0.05) is 36.7 Å². The normalized spacial score (nSPS) is 25.9. The molecule has 3 unspecified atom stereocenters. The summed E-state index contributed by atoms with van der Waals surface area (Å²) in [4.78, 5) is 5.51. The minimum absolute atomic E-state index is 0.212. The van der Waals surface area contributed by atoms with Gasteiger partial charge < -0.3 is 9.84 Å². The number of hydrogen-bond acceptors (Lipinski definition) is 4. The molecular formula is C13H18N2O2S. The van der Waals surface area contributed by atoms with E-state index < -0.39 is 0 Å². The van der Waals surface area contributed by atoms with Crippen LogP contribution in [0.2, 0.25) is 0 Å². The fourth-order valence-corrected chi connectivity index (χ4v) is 3.48. The zero-order chi connectivity index (χ0) is 12.5. The third-order valence-corrected chi connectivity index (χ3v) is 4.49. The Morgan fingerprint density at radius 1 is 1.67 bits per heavy atom. The SMILES string of the molecule is CCC1OCCC1C(O)Cc1cn2ccsc2n1. The van der Waals surface area contributed by atoms with E-state index in [0.717, 1.165) is 30.1 Å². The molecule has 0 amide bonds. The minimum Gasteiger partial charge on any atom is -0.392 e. The summed E-state index contributed by atoms with van der Waals surface area (Å²) in [6, 6.07) is 0. The molecule has 2 aromatic rings. The van der Waals surface area contributed by atoms with Crippen LogP contribution in [0, 0.1) is 5.92 Å². The summed E-state index contributed by atoms with van der Waals surface area (Å²) in [6.45, 7) is 2.89. The molecule has 1 N–H and O–H groups in total. The van der Waals surface area contributed by atoms with Gasteiger partial charge in [-0.25, -0.2) is 4.98 Å². The van der Waals surface area contributed by atoms with Gasteiger partial charge >= 0.3 is 0 Å². The summed E-state index contributed by atoms with van der Waals surface area (Å²) in [7, 11) is 0. The van der Waals surface area contributed by atoms with Gasteiger partial charge in [-0.3, -0.25) is 4.40 Å². The predicted molar refractivity (Wildman–Crippen MR) is 70.9 cm³/mol. The van der Waals surface area contributed by atoms with E-state index in [1.165, 1.54) is 0 Å². The van der Waals surface area contributed by atoms with Crippen LogP contribution in [0.4, 0.5) is 0 Å². The van der Waals surface area contributed by atoms with Crippen LogP contribution in [0.15, 0.2) is 17.8 Å². The molecule has 0 spiro atoms. The number of aromatic nitrogens is 2. The van der Waals surface area contributed by atoms with E-state index in [0.29, 0.717) is 6.42 Å². The Kier molecular flexibility index (Phi) is 3.37. The van der Waals surface area contributed by atoms with Crippen molar-refractivity contribution in [2.75, 3.05) is 6.61 Å². The van der Waals surface area contributed by atoms with Crippen molar-refractivity contribution in [2.24, 2.45) is 5.92 Å². The Morgan fingerprint density at radius 2 is 2.56 bits per heavy atom. The third kappa shape index (κ3) is 2.18. The van der Waals surface area contributed by atoms with Crippen molar-refractivity contribution in [2.45, 2.75) is 38.4 Å². The van der Waals surface area contributed by atoms with Crippen molar-refractivity contribution in [3.8, 4) is 0 Å². The highest BCUT2D eigenvalue weighted by atomic mass is 32.1. The van der Waals surface area contributed by atoms with Crippen LogP contribution < -0.4 is 0 Å². The van der Waals surface area contributed by atoms with Gasteiger partial charge in [-0.1, -0.05) is 6.92 Å². The summed E-state index contributed by atoms with van der Waals surface area (Å²) in [6.07, 6.45) is 6.43. The predicted octanol–water partition coefficient (Wildman–Crippen LogP) is 2.11. The summed E-state index contributed by atoms with van der Waals surface area (Å²) in [5.74, 6) is 0.259. The zero-order valence-corrected chi connectivity index (χ0v) is 11.3. The summed E-state index contributed by atoms with van der Waals surface area (Å²) in [5, 5.41) is 12.4. The second kappa shape index (κ2) is 4.99. The van der Waals surface area contributed by atoms with Gasteiger partial charge in [0.2, 0.25) is 0 Å². The van der Waals surface area contributed by atoms with Crippen molar-refractivity contribution in [1.29, 1.82) is 0 Å². The Bertz CT molecular complexity index is 493. The maximum Gasteiger partial charge on any atom is 0.193 e. The molecule has 0 bridgehead atoms. The quantitative estimate of drug-likeness (QED) is 0.922. The first-order valence-electron chi connectivity index (χ1n) is 6.48. The van der Waals surface area contributed by atoms with Gasteiger partial charge in [-0.15, -0.1) is 11.3 Å². The topological polar surface area (TPSA) is 46.8 Å². The fourth-order valence-electron chi connectivity index (χ4n) is 2.77. The molecule has 5 heteroatoms. The van der Waals surface area contributed by atoms with Gasteiger partial charge in [0.05, 0.1) is 17.9 Å². The van der Waals surface area contributed by atoms with Crippen LogP contribution >= 0.6 is 11.3 Å². The van der Waals surface area contributed by atoms with E-state index in [1.54, 1.807) is 11.3 Å². The lowest BCUT2D eigenvalue weighted by atomic mass is 9.91. The molecule has 4 nitrogen and oxygen atoms in total. The maximum absolute atomic E-state index is 10.3. The van der Waals surface area contributed by atoms with Crippen LogP contribution in [0.5, 0.6) is 0 Å². The monoisotopic (exact) mass is 266 g/mol. The average molecular weight is 266 g/mol. The largest absolute Gasteiger partial charge is 0.392 e.